The highest BCUT2D eigenvalue weighted by Crippen LogP contribution is 2.33. The van der Waals surface area contributed by atoms with Gasteiger partial charge in [-0.15, -0.1) is 0 Å². The molecule has 25 heavy (non-hydrogen) atoms. The molecule has 3 nitrogen and oxygen atoms in total. The van der Waals surface area contributed by atoms with E-state index in [1.165, 1.54) is 11.0 Å². The summed E-state index contributed by atoms with van der Waals surface area (Å²) < 4.78 is 38.6. The predicted molar refractivity (Wildman–Crippen MR) is 95.8 cm³/mol. The molecule has 1 rings (SSSR count). The van der Waals surface area contributed by atoms with Crippen LogP contribution in [0.25, 0.3) is 0 Å². The largest absolute Gasteiger partial charge is 0.465 e. The molecule has 7 heteroatoms. The minimum absolute atomic E-state index is 0.246. The molecular formula is C18H25BrF3NO2. The van der Waals surface area contributed by atoms with Crippen molar-refractivity contribution in [3.8, 4) is 0 Å². The van der Waals surface area contributed by atoms with E-state index in [4.69, 9.17) is 0 Å². The Bertz CT molecular complexity index is 584. The summed E-state index contributed by atoms with van der Waals surface area (Å²) in [5, 5.41) is 9.63. The first-order valence-electron chi connectivity index (χ1n) is 8.41. The van der Waals surface area contributed by atoms with Crippen molar-refractivity contribution in [2.24, 2.45) is 0 Å². The fraction of sp³-hybridized carbons (Fsp3) is 0.611. The number of halogens is 4. The van der Waals surface area contributed by atoms with Crippen molar-refractivity contribution in [3.05, 3.63) is 33.8 Å². The maximum Gasteiger partial charge on any atom is 0.416 e. The van der Waals surface area contributed by atoms with Crippen molar-refractivity contribution in [1.29, 1.82) is 0 Å². The lowest BCUT2D eigenvalue weighted by molar-refractivity contribution is -0.137. The van der Waals surface area contributed by atoms with Crippen LogP contribution in [0.15, 0.2) is 22.7 Å². The van der Waals surface area contributed by atoms with Crippen LogP contribution in [-0.4, -0.2) is 28.2 Å². The van der Waals surface area contributed by atoms with Gasteiger partial charge in [0.1, 0.15) is 0 Å². The van der Waals surface area contributed by atoms with Gasteiger partial charge in [0.05, 0.1) is 5.56 Å². The Morgan fingerprint density at radius 3 is 2.16 bits per heavy atom. The lowest BCUT2D eigenvalue weighted by atomic mass is 9.88. The van der Waals surface area contributed by atoms with Crippen LogP contribution in [0.1, 0.15) is 57.6 Å². The van der Waals surface area contributed by atoms with Crippen molar-refractivity contribution in [3.63, 3.8) is 0 Å². The molecule has 0 saturated carbocycles. The molecule has 1 amide bonds. The van der Waals surface area contributed by atoms with Crippen LogP contribution in [-0.2, 0) is 12.6 Å². The van der Waals surface area contributed by atoms with Gasteiger partial charge in [-0.3, -0.25) is 0 Å². The van der Waals surface area contributed by atoms with E-state index < -0.39 is 23.4 Å². The number of rotatable bonds is 8. The summed E-state index contributed by atoms with van der Waals surface area (Å²) in [5.41, 5.74) is -0.525. The third-order valence-electron chi connectivity index (χ3n) is 4.44. The highest BCUT2D eigenvalue weighted by molar-refractivity contribution is 9.10. The molecule has 0 spiro atoms. The number of benzene rings is 1. The molecule has 0 saturated heterocycles. The summed E-state index contributed by atoms with van der Waals surface area (Å²) in [6.07, 6.45) is -1.80. The molecule has 142 valence electrons. The summed E-state index contributed by atoms with van der Waals surface area (Å²) in [6.45, 7) is 6.21. The van der Waals surface area contributed by atoms with E-state index in [0.717, 1.165) is 37.8 Å². The topological polar surface area (TPSA) is 40.5 Å². The summed E-state index contributed by atoms with van der Waals surface area (Å²) >= 11 is 3.17. The second kappa shape index (κ2) is 8.92. The summed E-state index contributed by atoms with van der Waals surface area (Å²) in [5.74, 6) is 0. The van der Waals surface area contributed by atoms with Gasteiger partial charge in [0.15, 0.2) is 0 Å². The van der Waals surface area contributed by atoms with Gasteiger partial charge < -0.3 is 10.0 Å². The molecule has 1 N–H and O–H groups in total. The molecule has 0 unspecified atom stereocenters. The molecule has 0 aliphatic carbocycles. The molecule has 0 heterocycles. The molecule has 0 fully saturated rings. The Morgan fingerprint density at radius 2 is 1.76 bits per heavy atom. The second-order valence-electron chi connectivity index (χ2n) is 6.49. The Labute approximate surface area is 155 Å². The zero-order valence-corrected chi connectivity index (χ0v) is 16.4. The number of hydrogen-bond donors (Lipinski definition) is 1. The van der Waals surface area contributed by atoms with Crippen molar-refractivity contribution in [2.45, 2.75) is 64.6 Å². The highest BCUT2D eigenvalue weighted by Gasteiger charge is 2.34. The van der Waals surface area contributed by atoms with Gasteiger partial charge in [0.2, 0.25) is 0 Å². The third-order valence-corrected chi connectivity index (χ3v) is 5.18. The number of amides is 1. The molecule has 0 aromatic heterocycles. The van der Waals surface area contributed by atoms with Crippen LogP contribution in [0.4, 0.5) is 18.0 Å². The molecule has 1 aromatic carbocycles. The molecule has 0 bridgehead atoms. The summed E-state index contributed by atoms with van der Waals surface area (Å²) in [4.78, 5) is 13.2. The van der Waals surface area contributed by atoms with Crippen LogP contribution in [0, 0.1) is 0 Å². The summed E-state index contributed by atoms with van der Waals surface area (Å²) in [7, 11) is 0. The first-order chi connectivity index (χ1) is 11.5. The molecule has 1 aromatic rings. The second-order valence-corrected chi connectivity index (χ2v) is 7.34. The van der Waals surface area contributed by atoms with Crippen LogP contribution < -0.4 is 0 Å². The Morgan fingerprint density at radius 1 is 1.20 bits per heavy atom. The van der Waals surface area contributed by atoms with Gasteiger partial charge >= 0.3 is 12.3 Å². The zero-order valence-electron chi connectivity index (χ0n) is 14.8. The van der Waals surface area contributed by atoms with Crippen LogP contribution in [0.2, 0.25) is 0 Å². The smallest absolute Gasteiger partial charge is 0.416 e. The number of alkyl halides is 3. The SMILES string of the molecule is CCCC(C)(CCC)N(CCc1ccc(C(F)(F)F)cc1Br)C(=O)O. The van der Waals surface area contributed by atoms with Gasteiger partial charge in [0.25, 0.3) is 0 Å². The number of hydrogen-bond acceptors (Lipinski definition) is 1. The normalized spacial score (nSPS) is 12.3. The summed E-state index contributed by atoms with van der Waals surface area (Å²) in [6, 6.07) is 3.48. The Balaban J connectivity index is 2.96. The predicted octanol–water partition coefficient (Wildman–Crippen LogP) is 6.35. The van der Waals surface area contributed by atoms with Crippen molar-refractivity contribution in [2.75, 3.05) is 6.54 Å². The lowest BCUT2D eigenvalue weighted by Gasteiger charge is -2.40. The van der Waals surface area contributed by atoms with E-state index >= 15 is 0 Å². The van der Waals surface area contributed by atoms with E-state index in [2.05, 4.69) is 15.9 Å². The lowest BCUT2D eigenvalue weighted by Crippen LogP contribution is -2.50. The van der Waals surface area contributed by atoms with Crippen molar-refractivity contribution >= 4 is 22.0 Å². The maximum absolute atomic E-state index is 12.7. The molecule has 0 aliphatic rings. The van der Waals surface area contributed by atoms with Crippen molar-refractivity contribution < 1.29 is 23.1 Å². The first kappa shape index (κ1) is 21.8. The molecule has 0 atom stereocenters. The van der Waals surface area contributed by atoms with Gasteiger partial charge in [-0.2, -0.15) is 13.2 Å². The standard InChI is InChI=1S/C18H25BrF3NO2/c1-4-9-17(3,10-5-2)23(16(24)25)11-8-13-6-7-14(12-15(13)19)18(20,21)22/h6-7,12H,4-5,8-11H2,1-3H3,(H,24,25). The van der Waals surface area contributed by atoms with Gasteiger partial charge in [-0.1, -0.05) is 48.7 Å². The fourth-order valence-corrected chi connectivity index (χ4v) is 3.80. The van der Waals surface area contributed by atoms with Gasteiger partial charge in [0, 0.05) is 16.6 Å². The minimum atomic E-state index is -4.39. The zero-order chi connectivity index (χ0) is 19.3. The van der Waals surface area contributed by atoms with E-state index in [-0.39, 0.29) is 6.54 Å². The maximum atomic E-state index is 12.7. The minimum Gasteiger partial charge on any atom is -0.465 e. The van der Waals surface area contributed by atoms with Gasteiger partial charge in [-0.05, 0) is 43.9 Å². The number of carboxylic acid groups (broad SMARTS) is 1. The molecular weight excluding hydrogens is 399 g/mol. The highest BCUT2D eigenvalue weighted by atomic mass is 79.9. The van der Waals surface area contributed by atoms with E-state index in [9.17, 15) is 23.1 Å². The van der Waals surface area contributed by atoms with Crippen molar-refractivity contribution in [1.82, 2.24) is 4.90 Å². The fourth-order valence-electron chi connectivity index (χ4n) is 3.23. The first-order valence-corrected chi connectivity index (χ1v) is 9.20. The quantitative estimate of drug-likeness (QED) is 0.528. The van der Waals surface area contributed by atoms with Gasteiger partial charge in [-0.25, -0.2) is 4.79 Å². The molecule has 0 radical (unpaired) electrons. The number of carbonyl (C=O) groups is 1. The van der Waals surface area contributed by atoms with E-state index in [0.29, 0.717) is 16.5 Å². The average molecular weight is 424 g/mol. The van der Waals surface area contributed by atoms with Crippen LogP contribution in [0.3, 0.4) is 0 Å². The Kier molecular flexibility index (Phi) is 7.78. The van der Waals surface area contributed by atoms with Crippen LogP contribution in [0.5, 0.6) is 0 Å². The monoisotopic (exact) mass is 423 g/mol. The molecule has 0 aliphatic heterocycles. The number of nitrogens with zero attached hydrogens (tertiary/aromatic N) is 1. The third kappa shape index (κ3) is 5.90. The Hall–Kier alpha value is -1.24. The van der Waals surface area contributed by atoms with E-state index in [1.54, 1.807) is 0 Å². The average Bonchev–Trinajstić information content (AvgIpc) is 2.47. The van der Waals surface area contributed by atoms with Crippen LogP contribution >= 0.6 is 15.9 Å². The van der Waals surface area contributed by atoms with E-state index in [1.807, 2.05) is 20.8 Å².